The van der Waals surface area contributed by atoms with E-state index in [1.54, 1.807) is 6.07 Å². The van der Waals surface area contributed by atoms with Crippen LogP contribution in [0.15, 0.2) is 35.4 Å². The molecule has 0 atom stereocenters. The van der Waals surface area contributed by atoms with E-state index in [9.17, 15) is 22.8 Å². The van der Waals surface area contributed by atoms with Gasteiger partial charge < -0.3 is 9.88 Å². The van der Waals surface area contributed by atoms with Crippen LogP contribution in [0.1, 0.15) is 15.9 Å². The smallest absolute Gasteiger partial charge is 0.339 e. The average molecular weight is 375 g/mol. The van der Waals surface area contributed by atoms with Crippen molar-refractivity contribution in [2.75, 3.05) is 6.54 Å². The average Bonchev–Trinajstić information content (AvgIpc) is 3.09. The molecule has 138 valence electrons. The SMILES string of the molecule is Cn1cc(C(=O)NCC#N)cc(-c2cc(C(F)(F)F)cc3[nH]ncc23)c1=O. The molecule has 0 saturated heterocycles. The molecule has 10 heteroatoms. The molecule has 2 heterocycles. The third-order valence-corrected chi connectivity index (χ3v) is 3.95. The molecule has 0 unspecified atom stereocenters. The van der Waals surface area contributed by atoms with Crippen molar-refractivity contribution in [1.29, 1.82) is 5.26 Å². The lowest BCUT2D eigenvalue weighted by Crippen LogP contribution is -2.27. The molecule has 0 fully saturated rings. The van der Waals surface area contributed by atoms with Gasteiger partial charge in [0.05, 0.1) is 28.9 Å². The fourth-order valence-electron chi connectivity index (χ4n) is 2.69. The first-order valence-corrected chi connectivity index (χ1v) is 7.63. The van der Waals surface area contributed by atoms with Crippen molar-refractivity contribution in [1.82, 2.24) is 20.1 Å². The number of aromatic nitrogens is 3. The van der Waals surface area contributed by atoms with Gasteiger partial charge in [-0.1, -0.05) is 0 Å². The van der Waals surface area contributed by atoms with Crippen LogP contribution in [0.25, 0.3) is 22.0 Å². The summed E-state index contributed by atoms with van der Waals surface area (Å²) in [6.07, 6.45) is -2.06. The van der Waals surface area contributed by atoms with Crippen LogP contribution in [0.2, 0.25) is 0 Å². The molecule has 0 saturated carbocycles. The first-order valence-electron chi connectivity index (χ1n) is 7.63. The van der Waals surface area contributed by atoms with Gasteiger partial charge in [0.1, 0.15) is 6.54 Å². The molecule has 0 radical (unpaired) electrons. The Morgan fingerprint density at radius 1 is 1.33 bits per heavy atom. The Hall–Kier alpha value is -3.61. The fraction of sp³-hybridized carbons (Fsp3) is 0.176. The van der Waals surface area contributed by atoms with Crippen LogP contribution in [-0.4, -0.2) is 27.2 Å². The molecule has 1 amide bonds. The van der Waals surface area contributed by atoms with E-state index < -0.39 is 23.2 Å². The van der Waals surface area contributed by atoms with E-state index in [0.717, 1.165) is 16.7 Å². The molecule has 2 N–H and O–H groups in total. The number of H-pyrrole nitrogens is 1. The topological polar surface area (TPSA) is 104 Å². The van der Waals surface area contributed by atoms with Gasteiger partial charge in [0, 0.05) is 24.2 Å². The Bertz CT molecular complexity index is 1140. The van der Waals surface area contributed by atoms with Crippen LogP contribution in [0.4, 0.5) is 13.2 Å². The van der Waals surface area contributed by atoms with Gasteiger partial charge in [0.25, 0.3) is 11.5 Å². The summed E-state index contributed by atoms with van der Waals surface area (Å²) in [5, 5.41) is 17.4. The normalized spacial score (nSPS) is 11.4. The number of amides is 1. The van der Waals surface area contributed by atoms with Gasteiger partial charge in [0.15, 0.2) is 0 Å². The van der Waals surface area contributed by atoms with Crippen molar-refractivity contribution in [2.24, 2.45) is 7.05 Å². The highest BCUT2D eigenvalue weighted by Gasteiger charge is 2.32. The second-order valence-corrected chi connectivity index (χ2v) is 5.75. The maximum atomic E-state index is 13.2. The summed E-state index contributed by atoms with van der Waals surface area (Å²) in [4.78, 5) is 24.7. The van der Waals surface area contributed by atoms with Gasteiger partial charge in [-0.3, -0.25) is 14.7 Å². The highest BCUT2D eigenvalue weighted by molar-refractivity contribution is 5.98. The number of carbonyl (C=O) groups excluding carboxylic acids is 1. The van der Waals surface area contributed by atoms with Gasteiger partial charge in [-0.2, -0.15) is 23.5 Å². The number of pyridine rings is 1. The van der Waals surface area contributed by atoms with Crippen molar-refractivity contribution in [3.05, 3.63) is 52.1 Å². The molecule has 0 aliphatic rings. The number of nitrogens with one attached hydrogen (secondary N) is 2. The first-order chi connectivity index (χ1) is 12.7. The van der Waals surface area contributed by atoms with Crippen molar-refractivity contribution in [3.63, 3.8) is 0 Å². The number of carbonyl (C=O) groups is 1. The Labute approximate surface area is 150 Å². The van der Waals surface area contributed by atoms with Crippen LogP contribution in [0, 0.1) is 11.3 Å². The summed E-state index contributed by atoms with van der Waals surface area (Å²) >= 11 is 0. The maximum absolute atomic E-state index is 13.2. The molecule has 27 heavy (non-hydrogen) atoms. The number of halogens is 3. The Morgan fingerprint density at radius 2 is 2.07 bits per heavy atom. The van der Waals surface area contributed by atoms with E-state index in [0.29, 0.717) is 5.39 Å². The predicted octanol–water partition coefficient (Wildman–Crippen LogP) is 2.20. The van der Waals surface area contributed by atoms with Gasteiger partial charge in [-0.15, -0.1) is 0 Å². The first kappa shape index (κ1) is 18.2. The van der Waals surface area contributed by atoms with Crippen LogP contribution in [-0.2, 0) is 13.2 Å². The molecule has 0 aliphatic heterocycles. The summed E-state index contributed by atoms with van der Waals surface area (Å²) in [7, 11) is 1.38. The van der Waals surface area contributed by atoms with Gasteiger partial charge in [0.2, 0.25) is 0 Å². The van der Waals surface area contributed by atoms with E-state index in [1.165, 1.54) is 25.5 Å². The minimum absolute atomic E-state index is 0.00380. The number of aryl methyl sites for hydroxylation is 1. The number of alkyl halides is 3. The Balaban J connectivity index is 2.26. The molecule has 0 bridgehead atoms. The number of benzene rings is 1. The number of rotatable bonds is 3. The van der Waals surface area contributed by atoms with Crippen LogP contribution >= 0.6 is 0 Å². The number of hydrogen-bond donors (Lipinski definition) is 2. The molecular weight excluding hydrogens is 363 g/mol. The minimum Gasteiger partial charge on any atom is -0.339 e. The Kier molecular flexibility index (Phi) is 4.45. The van der Waals surface area contributed by atoms with Crippen molar-refractivity contribution in [2.45, 2.75) is 6.18 Å². The summed E-state index contributed by atoms with van der Waals surface area (Å²) in [6, 6.07) is 4.71. The lowest BCUT2D eigenvalue weighted by atomic mass is 9.98. The maximum Gasteiger partial charge on any atom is 0.416 e. The molecule has 1 aromatic carbocycles. The summed E-state index contributed by atoms with van der Waals surface area (Å²) in [6.45, 7) is -0.244. The largest absolute Gasteiger partial charge is 0.416 e. The molecule has 0 aliphatic carbocycles. The standard InChI is InChI=1S/C17H12F3N5O2/c1-25-8-9(15(26)22-3-2-21)4-12(16(25)27)11-5-10(17(18,19)20)6-14-13(11)7-23-24-14/h4-8H,3H2,1H3,(H,22,26)(H,23,24). The van der Waals surface area contributed by atoms with Crippen LogP contribution in [0.3, 0.4) is 0 Å². The Morgan fingerprint density at radius 3 is 2.74 bits per heavy atom. The molecule has 3 rings (SSSR count). The lowest BCUT2D eigenvalue weighted by molar-refractivity contribution is -0.137. The zero-order chi connectivity index (χ0) is 19.8. The van der Waals surface area contributed by atoms with Gasteiger partial charge >= 0.3 is 6.18 Å². The van der Waals surface area contributed by atoms with E-state index in [1.807, 2.05) is 0 Å². The van der Waals surface area contributed by atoms with Crippen molar-refractivity contribution in [3.8, 4) is 17.2 Å². The summed E-state index contributed by atoms with van der Waals surface area (Å²) in [5.41, 5.74) is -1.45. The second-order valence-electron chi connectivity index (χ2n) is 5.75. The fourth-order valence-corrected chi connectivity index (χ4v) is 2.69. The highest BCUT2D eigenvalue weighted by Crippen LogP contribution is 2.35. The van der Waals surface area contributed by atoms with E-state index in [-0.39, 0.29) is 28.8 Å². The molecule has 7 nitrogen and oxygen atoms in total. The summed E-state index contributed by atoms with van der Waals surface area (Å²) in [5.74, 6) is -0.621. The zero-order valence-corrected chi connectivity index (χ0v) is 13.9. The van der Waals surface area contributed by atoms with E-state index >= 15 is 0 Å². The molecular formula is C17H12F3N5O2. The highest BCUT2D eigenvalue weighted by atomic mass is 19.4. The minimum atomic E-state index is -4.62. The van der Waals surface area contributed by atoms with Crippen LogP contribution < -0.4 is 10.9 Å². The molecule has 3 aromatic rings. The van der Waals surface area contributed by atoms with Crippen LogP contribution in [0.5, 0.6) is 0 Å². The second kappa shape index (κ2) is 6.60. The number of aromatic amines is 1. The third-order valence-electron chi connectivity index (χ3n) is 3.95. The molecule has 0 spiro atoms. The van der Waals surface area contributed by atoms with Crippen molar-refractivity contribution < 1.29 is 18.0 Å². The quantitative estimate of drug-likeness (QED) is 0.685. The van der Waals surface area contributed by atoms with Crippen molar-refractivity contribution >= 4 is 16.8 Å². The third kappa shape index (κ3) is 3.39. The monoisotopic (exact) mass is 375 g/mol. The van der Waals surface area contributed by atoms with E-state index in [4.69, 9.17) is 5.26 Å². The zero-order valence-electron chi connectivity index (χ0n) is 13.9. The van der Waals surface area contributed by atoms with E-state index in [2.05, 4.69) is 15.5 Å². The number of hydrogen-bond acceptors (Lipinski definition) is 4. The lowest BCUT2D eigenvalue weighted by Gasteiger charge is -2.12. The predicted molar refractivity (Wildman–Crippen MR) is 89.7 cm³/mol. The van der Waals surface area contributed by atoms with Gasteiger partial charge in [-0.05, 0) is 23.8 Å². The number of nitrogens with zero attached hydrogens (tertiary/aromatic N) is 3. The number of fused-ring (bicyclic) bond motifs is 1. The summed E-state index contributed by atoms with van der Waals surface area (Å²) < 4.78 is 40.8. The van der Waals surface area contributed by atoms with Gasteiger partial charge in [-0.25, -0.2) is 0 Å². The molecule has 2 aromatic heterocycles. The number of nitriles is 1.